The topological polar surface area (TPSA) is 32.9 Å². The van der Waals surface area contributed by atoms with Crippen molar-refractivity contribution in [2.45, 2.75) is 12.3 Å². The molecule has 0 saturated heterocycles. The molecule has 6 heteroatoms. The Morgan fingerprint density at radius 3 is 2.54 bits per heavy atom. The molecule has 0 radical (unpaired) electrons. The second kappa shape index (κ2) is 4.07. The van der Waals surface area contributed by atoms with E-state index in [0.29, 0.717) is 5.69 Å². The molecule has 1 heterocycles. The summed E-state index contributed by atoms with van der Waals surface area (Å²) in [6.45, 7) is 0. The highest BCUT2D eigenvalue weighted by Gasteiger charge is 2.17. The molecule has 0 unspecified atom stereocenters. The molecule has 1 aromatic heterocycles. The molecule has 1 rings (SSSR count). The molecule has 0 aromatic carbocycles. The first-order chi connectivity index (χ1) is 6.06. The molecule has 0 spiro atoms. The van der Waals surface area contributed by atoms with Gasteiger partial charge in [-0.1, -0.05) is 11.6 Å². The van der Waals surface area contributed by atoms with E-state index in [1.54, 1.807) is 0 Å². The molecule has 0 saturated carbocycles. The van der Waals surface area contributed by atoms with Gasteiger partial charge in [0.15, 0.2) is 0 Å². The third kappa shape index (κ3) is 2.19. The van der Waals surface area contributed by atoms with Crippen LogP contribution in [-0.4, -0.2) is 4.98 Å². The van der Waals surface area contributed by atoms with E-state index >= 15 is 0 Å². The van der Waals surface area contributed by atoms with Crippen molar-refractivity contribution in [2.75, 3.05) is 0 Å². The van der Waals surface area contributed by atoms with Gasteiger partial charge in [-0.2, -0.15) is 0 Å². The van der Waals surface area contributed by atoms with Crippen LogP contribution in [0.25, 0.3) is 0 Å². The van der Waals surface area contributed by atoms with Crippen molar-refractivity contribution >= 4 is 23.2 Å². The average Bonchev–Trinajstić information content (AvgIpc) is 2.02. The quantitative estimate of drug-likeness (QED) is 0.775. The fraction of sp³-hybridized carbons (Fsp3) is 0.286. The van der Waals surface area contributed by atoms with Crippen LogP contribution in [0.3, 0.4) is 0 Å². The minimum atomic E-state index is -2.87. The number of aromatic nitrogens is 1. The maximum absolute atomic E-state index is 12.2. The number of halogens is 4. The zero-order valence-corrected chi connectivity index (χ0v) is 7.79. The van der Waals surface area contributed by atoms with Crippen molar-refractivity contribution in [3.63, 3.8) is 0 Å². The Labute approximate surface area is 82.5 Å². The smallest absolute Gasteiger partial charge is 0.270 e. The predicted molar refractivity (Wildman–Crippen MR) is 46.6 cm³/mol. The lowest BCUT2D eigenvalue weighted by Crippen LogP contribution is -2.15. The third-order valence-corrected chi connectivity index (χ3v) is 2.04. The van der Waals surface area contributed by atoms with Gasteiger partial charge in [-0.15, -0.1) is 11.6 Å². The Morgan fingerprint density at radius 2 is 2.15 bits per heavy atom. The van der Waals surface area contributed by atoms with E-state index in [1.807, 2.05) is 0 Å². The Balaban J connectivity index is 3.32. The number of alkyl halides is 3. The maximum atomic E-state index is 12.2. The Hall–Kier alpha value is -0.610. The molecule has 72 valence electrons. The van der Waals surface area contributed by atoms with E-state index in [1.165, 1.54) is 6.07 Å². The first-order valence-electron chi connectivity index (χ1n) is 3.32. The average molecular weight is 228 g/mol. The Bertz CT molecular complexity index is 364. The predicted octanol–water partition coefficient (Wildman–Crippen LogP) is 2.70. The normalized spacial score (nSPS) is 10.8. The highest BCUT2D eigenvalue weighted by Crippen LogP contribution is 2.23. The van der Waals surface area contributed by atoms with Gasteiger partial charge in [-0.3, -0.25) is 4.79 Å². The highest BCUT2D eigenvalue weighted by molar-refractivity contribution is 6.31. The maximum Gasteiger partial charge on any atom is 0.270 e. The van der Waals surface area contributed by atoms with Crippen LogP contribution in [0.5, 0.6) is 0 Å². The number of rotatable bonds is 2. The molecule has 1 aromatic rings. The van der Waals surface area contributed by atoms with Gasteiger partial charge in [0.1, 0.15) is 5.56 Å². The highest BCUT2D eigenvalue weighted by atomic mass is 35.5. The summed E-state index contributed by atoms with van der Waals surface area (Å²) < 4.78 is 24.4. The van der Waals surface area contributed by atoms with Gasteiger partial charge in [0.25, 0.3) is 12.0 Å². The lowest BCUT2D eigenvalue weighted by atomic mass is 10.2. The van der Waals surface area contributed by atoms with Crippen molar-refractivity contribution in [1.29, 1.82) is 0 Å². The molecule has 0 atom stereocenters. The number of H-pyrrole nitrogens is 1. The van der Waals surface area contributed by atoms with Crippen LogP contribution >= 0.6 is 23.2 Å². The number of hydrogen-bond donors (Lipinski definition) is 1. The Kier molecular flexibility index (Phi) is 3.27. The van der Waals surface area contributed by atoms with Gasteiger partial charge in [0.05, 0.1) is 10.9 Å². The lowest BCUT2D eigenvalue weighted by molar-refractivity contribution is 0.149. The fourth-order valence-electron chi connectivity index (χ4n) is 0.864. The molecule has 1 N–H and O–H groups in total. The van der Waals surface area contributed by atoms with Gasteiger partial charge in [-0.05, 0) is 6.07 Å². The van der Waals surface area contributed by atoms with Crippen molar-refractivity contribution < 1.29 is 8.78 Å². The summed E-state index contributed by atoms with van der Waals surface area (Å²) in [5.74, 6) is 0.0263. The molecular weight excluding hydrogens is 223 g/mol. The standard InChI is InChI=1S/C7H5Cl2F2NO/c8-2-3-1-4(9)5(6(10)11)7(13)12-3/h1,6H,2H2,(H,12,13). The minimum Gasteiger partial charge on any atom is -0.324 e. The number of pyridine rings is 1. The number of nitrogens with one attached hydrogen (secondary N) is 1. The fourth-order valence-corrected chi connectivity index (χ4v) is 1.31. The van der Waals surface area contributed by atoms with Gasteiger partial charge < -0.3 is 4.98 Å². The first-order valence-corrected chi connectivity index (χ1v) is 4.23. The SMILES string of the molecule is O=c1[nH]c(CCl)cc(Cl)c1C(F)F. The zero-order valence-electron chi connectivity index (χ0n) is 6.28. The van der Waals surface area contributed by atoms with Crippen LogP contribution < -0.4 is 5.56 Å². The monoisotopic (exact) mass is 227 g/mol. The van der Waals surface area contributed by atoms with E-state index in [2.05, 4.69) is 4.98 Å². The van der Waals surface area contributed by atoms with Crippen molar-refractivity contribution in [3.05, 3.63) is 32.7 Å². The molecule has 0 aliphatic rings. The summed E-state index contributed by atoms with van der Waals surface area (Å²) >= 11 is 10.8. The van der Waals surface area contributed by atoms with E-state index in [4.69, 9.17) is 23.2 Å². The van der Waals surface area contributed by atoms with Gasteiger partial charge in [-0.25, -0.2) is 8.78 Å². The van der Waals surface area contributed by atoms with Crippen LogP contribution in [-0.2, 0) is 5.88 Å². The molecule has 0 amide bonds. The molecule has 0 aliphatic heterocycles. The molecule has 2 nitrogen and oxygen atoms in total. The molecule has 0 aliphatic carbocycles. The van der Waals surface area contributed by atoms with E-state index in [-0.39, 0.29) is 10.9 Å². The van der Waals surface area contributed by atoms with Crippen LogP contribution in [0.1, 0.15) is 17.7 Å². The van der Waals surface area contributed by atoms with Crippen LogP contribution in [0.4, 0.5) is 8.78 Å². The van der Waals surface area contributed by atoms with Crippen molar-refractivity contribution in [3.8, 4) is 0 Å². The summed E-state index contributed by atoms with van der Waals surface area (Å²) in [7, 11) is 0. The molecular formula is C7H5Cl2F2NO. The van der Waals surface area contributed by atoms with Gasteiger partial charge in [0, 0.05) is 5.69 Å². The van der Waals surface area contributed by atoms with E-state index in [9.17, 15) is 13.6 Å². The second-order valence-electron chi connectivity index (χ2n) is 2.32. The minimum absolute atomic E-state index is 0.0263. The summed E-state index contributed by atoms with van der Waals surface area (Å²) in [4.78, 5) is 13.2. The molecule has 0 fully saturated rings. The van der Waals surface area contributed by atoms with Crippen LogP contribution in [0, 0.1) is 0 Å². The largest absolute Gasteiger partial charge is 0.324 e. The van der Waals surface area contributed by atoms with Crippen molar-refractivity contribution in [1.82, 2.24) is 4.98 Å². The van der Waals surface area contributed by atoms with E-state index < -0.39 is 17.5 Å². The summed E-state index contributed by atoms with van der Waals surface area (Å²) in [5, 5.41) is -0.255. The molecule has 0 bridgehead atoms. The number of hydrogen-bond acceptors (Lipinski definition) is 1. The first kappa shape index (κ1) is 10.5. The summed E-state index contributed by atoms with van der Waals surface area (Å²) in [5.41, 5.74) is -1.28. The zero-order chi connectivity index (χ0) is 10.0. The van der Waals surface area contributed by atoms with Gasteiger partial charge >= 0.3 is 0 Å². The van der Waals surface area contributed by atoms with Gasteiger partial charge in [0.2, 0.25) is 0 Å². The second-order valence-corrected chi connectivity index (χ2v) is 2.99. The van der Waals surface area contributed by atoms with Crippen LogP contribution in [0.2, 0.25) is 5.02 Å². The molecule has 13 heavy (non-hydrogen) atoms. The summed E-state index contributed by atoms with van der Waals surface area (Å²) in [6, 6.07) is 1.22. The van der Waals surface area contributed by atoms with E-state index in [0.717, 1.165) is 0 Å². The third-order valence-electron chi connectivity index (χ3n) is 1.44. The lowest BCUT2D eigenvalue weighted by Gasteiger charge is -2.03. The van der Waals surface area contributed by atoms with Crippen molar-refractivity contribution in [2.24, 2.45) is 0 Å². The van der Waals surface area contributed by atoms with Crippen LogP contribution in [0.15, 0.2) is 10.9 Å². The Morgan fingerprint density at radius 1 is 1.54 bits per heavy atom. The number of aromatic amines is 1. The summed E-state index contributed by atoms with van der Waals surface area (Å²) in [6.07, 6.45) is -2.87.